The maximum absolute atomic E-state index is 12.6. The molecule has 1 aromatic rings. The summed E-state index contributed by atoms with van der Waals surface area (Å²) >= 11 is 0. The SMILES string of the molecule is CCN(CCCO)S(=O)(=O)c1cc([N+](=O)[O-])c(N)cc1C. The Balaban J connectivity index is 3.36. The second-order valence-corrected chi connectivity index (χ2v) is 6.41. The molecule has 9 heteroatoms. The first-order chi connectivity index (χ1) is 9.75. The Labute approximate surface area is 123 Å². The first-order valence-corrected chi connectivity index (χ1v) is 7.85. The molecule has 0 amide bonds. The zero-order chi connectivity index (χ0) is 16.2. The van der Waals surface area contributed by atoms with Crippen LogP contribution in [0.25, 0.3) is 0 Å². The van der Waals surface area contributed by atoms with E-state index in [1.54, 1.807) is 6.92 Å². The summed E-state index contributed by atoms with van der Waals surface area (Å²) in [7, 11) is -3.86. The zero-order valence-corrected chi connectivity index (χ0v) is 12.8. The number of nitro benzene ring substituents is 1. The number of hydrogen-bond acceptors (Lipinski definition) is 6. The van der Waals surface area contributed by atoms with Gasteiger partial charge in [0.1, 0.15) is 5.69 Å². The van der Waals surface area contributed by atoms with Crippen LogP contribution < -0.4 is 5.73 Å². The number of benzene rings is 1. The number of sulfonamides is 1. The molecule has 0 fully saturated rings. The quantitative estimate of drug-likeness (QED) is 0.436. The summed E-state index contributed by atoms with van der Waals surface area (Å²) in [6, 6.07) is 2.27. The van der Waals surface area contributed by atoms with Crippen molar-refractivity contribution in [2.75, 3.05) is 25.4 Å². The van der Waals surface area contributed by atoms with E-state index < -0.39 is 20.6 Å². The Hall–Kier alpha value is -1.71. The molecule has 0 aromatic heterocycles. The van der Waals surface area contributed by atoms with Crippen LogP contribution in [-0.4, -0.2) is 42.4 Å². The lowest BCUT2D eigenvalue weighted by molar-refractivity contribution is -0.384. The summed E-state index contributed by atoms with van der Waals surface area (Å²) in [5, 5.41) is 19.7. The molecule has 0 heterocycles. The molecular formula is C12H19N3O5S. The number of nitrogen functional groups attached to an aromatic ring is 1. The molecule has 0 saturated carbocycles. The first-order valence-electron chi connectivity index (χ1n) is 6.41. The van der Waals surface area contributed by atoms with Crippen LogP contribution in [-0.2, 0) is 10.0 Å². The van der Waals surface area contributed by atoms with E-state index in [4.69, 9.17) is 10.8 Å². The molecule has 0 radical (unpaired) electrons. The van der Waals surface area contributed by atoms with Crippen molar-refractivity contribution in [1.82, 2.24) is 4.31 Å². The molecule has 0 saturated heterocycles. The predicted octanol–water partition coefficient (Wildman–Crippen LogP) is 0.878. The highest BCUT2D eigenvalue weighted by atomic mass is 32.2. The molecule has 0 spiro atoms. The van der Waals surface area contributed by atoms with Crippen LogP contribution in [0.1, 0.15) is 18.9 Å². The van der Waals surface area contributed by atoms with Crippen LogP contribution in [0.5, 0.6) is 0 Å². The third-order valence-corrected chi connectivity index (χ3v) is 5.17. The highest BCUT2D eigenvalue weighted by Crippen LogP contribution is 2.30. The molecule has 0 bridgehead atoms. The minimum absolute atomic E-state index is 0.0742. The van der Waals surface area contributed by atoms with E-state index in [1.165, 1.54) is 17.3 Å². The van der Waals surface area contributed by atoms with Crippen molar-refractivity contribution >= 4 is 21.4 Å². The van der Waals surface area contributed by atoms with Crippen LogP contribution in [0.2, 0.25) is 0 Å². The van der Waals surface area contributed by atoms with Crippen molar-refractivity contribution < 1.29 is 18.4 Å². The fourth-order valence-electron chi connectivity index (χ4n) is 1.97. The Bertz CT molecular complexity index is 630. The Morgan fingerprint density at radius 2 is 2.05 bits per heavy atom. The fraction of sp³-hybridized carbons (Fsp3) is 0.500. The number of nitrogens with zero attached hydrogens (tertiary/aromatic N) is 2. The topological polar surface area (TPSA) is 127 Å². The van der Waals surface area contributed by atoms with E-state index >= 15 is 0 Å². The maximum atomic E-state index is 12.6. The lowest BCUT2D eigenvalue weighted by Crippen LogP contribution is -2.32. The van der Waals surface area contributed by atoms with E-state index in [2.05, 4.69) is 0 Å². The molecule has 0 unspecified atom stereocenters. The van der Waals surface area contributed by atoms with Crippen molar-refractivity contribution in [3.05, 3.63) is 27.8 Å². The second-order valence-electron chi connectivity index (χ2n) is 4.51. The van der Waals surface area contributed by atoms with Crippen LogP contribution in [0, 0.1) is 17.0 Å². The van der Waals surface area contributed by atoms with Gasteiger partial charge in [0.25, 0.3) is 5.69 Å². The van der Waals surface area contributed by atoms with Crippen molar-refractivity contribution in [2.45, 2.75) is 25.2 Å². The number of rotatable bonds is 7. The largest absolute Gasteiger partial charge is 0.396 e. The third-order valence-electron chi connectivity index (χ3n) is 3.06. The number of aliphatic hydroxyl groups is 1. The summed E-state index contributed by atoms with van der Waals surface area (Å²) in [5.41, 5.74) is 5.38. The molecular weight excluding hydrogens is 298 g/mol. The van der Waals surface area contributed by atoms with E-state index in [9.17, 15) is 18.5 Å². The summed E-state index contributed by atoms with van der Waals surface area (Å²) in [6.45, 7) is 3.42. The van der Waals surface area contributed by atoms with Gasteiger partial charge in [-0.15, -0.1) is 0 Å². The van der Waals surface area contributed by atoms with Gasteiger partial charge in [-0.25, -0.2) is 8.42 Å². The fourth-order valence-corrected chi connectivity index (χ4v) is 3.68. The molecule has 0 aliphatic heterocycles. The lowest BCUT2D eigenvalue weighted by Gasteiger charge is -2.21. The lowest BCUT2D eigenvalue weighted by atomic mass is 10.2. The molecule has 0 atom stereocenters. The molecule has 0 aliphatic rings. The van der Waals surface area contributed by atoms with Crippen LogP contribution in [0.4, 0.5) is 11.4 Å². The van der Waals surface area contributed by atoms with Crippen LogP contribution in [0.3, 0.4) is 0 Å². The Morgan fingerprint density at radius 1 is 1.43 bits per heavy atom. The zero-order valence-electron chi connectivity index (χ0n) is 11.9. The van der Waals surface area contributed by atoms with Gasteiger partial charge in [-0.3, -0.25) is 10.1 Å². The minimum atomic E-state index is -3.86. The average molecular weight is 317 g/mol. The van der Waals surface area contributed by atoms with Crippen molar-refractivity contribution in [3.8, 4) is 0 Å². The van der Waals surface area contributed by atoms with E-state index in [1.807, 2.05) is 0 Å². The molecule has 21 heavy (non-hydrogen) atoms. The van der Waals surface area contributed by atoms with Gasteiger partial charge in [-0.1, -0.05) is 6.92 Å². The van der Waals surface area contributed by atoms with Crippen molar-refractivity contribution in [2.24, 2.45) is 0 Å². The molecule has 1 rings (SSSR count). The summed E-state index contributed by atoms with van der Waals surface area (Å²) < 4.78 is 26.3. The van der Waals surface area contributed by atoms with Crippen molar-refractivity contribution in [1.29, 1.82) is 0 Å². The number of aryl methyl sites for hydroxylation is 1. The first kappa shape index (κ1) is 17.3. The van der Waals surface area contributed by atoms with Gasteiger partial charge in [-0.2, -0.15) is 4.31 Å². The summed E-state index contributed by atoms with van der Waals surface area (Å²) in [5.74, 6) is 0. The van der Waals surface area contributed by atoms with Gasteiger partial charge in [0.2, 0.25) is 10.0 Å². The van der Waals surface area contributed by atoms with Gasteiger partial charge in [0.05, 0.1) is 9.82 Å². The van der Waals surface area contributed by atoms with E-state index in [0.29, 0.717) is 12.0 Å². The summed E-state index contributed by atoms with van der Waals surface area (Å²) in [4.78, 5) is 10.1. The highest BCUT2D eigenvalue weighted by molar-refractivity contribution is 7.89. The number of aliphatic hydroxyl groups excluding tert-OH is 1. The average Bonchev–Trinajstić information content (AvgIpc) is 2.38. The maximum Gasteiger partial charge on any atom is 0.293 e. The molecule has 118 valence electrons. The smallest absolute Gasteiger partial charge is 0.293 e. The van der Waals surface area contributed by atoms with Gasteiger partial charge < -0.3 is 10.8 Å². The number of nitrogens with two attached hydrogens (primary N) is 1. The van der Waals surface area contributed by atoms with Gasteiger partial charge in [0, 0.05) is 25.8 Å². The van der Waals surface area contributed by atoms with Crippen LogP contribution >= 0.6 is 0 Å². The van der Waals surface area contributed by atoms with Crippen molar-refractivity contribution in [3.63, 3.8) is 0 Å². The number of nitro groups is 1. The Morgan fingerprint density at radius 3 is 2.52 bits per heavy atom. The third kappa shape index (κ3) is 3.69. The standard InChI is InChI=1S/C12H19N3O5S/c1-3-14(5-4-6-16)21(19,20)12-8-11(15(17)18)10(13)7-9(12)2/h7-8,16H,3-6,13H2,1-2H3. The Kier molecular flexibility index (Phi) is 5.64. The van der Waals surface area contributed by atoms with Gasteiger partial charge in [-0.05, 0) is 25.0 Å². The van der Waals surface area contributed by atoms with Crippen LogP contribution in [0.15, 0.2) is 17.0 Å². The van der Waals surface area contributed by atoms with Gasteiger partial charge >= 0.3 is 0 Å². The second kappa shape index (κ2) is 6.83. The number of hydrogen-bond donors (Lipinski definition) is 2. The van der Waals surface area contributed by atoms with E-state index in [0.717, 1.165) is 6.07 Å². The molecule has 0 aliphatic carbocycles. The minimum Gasteiger partial charge on any atom is -0.396 e. The normalized spacial score (nSPS) is 11.8. The highest BCUT2D eigenvalue weighted by Gasteiger charge is 2.27. The molecule has 8 nitrogen and oxygen atoms in total. The monoisotopic (exact) mass is 317 g/mol. The summed E-state index contributed by atoms with van der Waals surface area (Å²) in [6.07, 6.45) is 0.295. The molecule has 3 N–H and O–H groups in total. The molecule has 1 aromatic carbocycles. The van der Waals surface area contributed by atoms with E-state index in [-0.39, 0.29) is 30.3 Å². The number of anilines is 1. The predicted molar refractivity (Wildman–Crippen MR) is 78.4 cm³/mol. The van der Waals surface area contributed by atoms with Gasteiger partial charge in [0.15, 0.2) is 0 Å².